The minimum absolute atomic E-state index is 0. The zero-order valence-corrected chi connectivity index (χ0v) is 9.14. The molecule has 2 rings (SSSR count). The summed E-state index contributed by atoms with van der Waals surface area (Å²) in [6.07, 6.45) is 5.57. The monoisotopic (exact) mass is 217 g/mol. The van der Waals surface area contributed by atoms with Gasteiger partial charge in [0.2, 0.25) is 5.89 Å². The molecule has 2 N–H and O–H groups in total. The van der Waals surface area contributed by atoms with Crippen LogP contribution < -0.4 is 5.73 Å². The SMILES string of the molecule is Cc1nc(C2(N)CCCCC2)no1.Cl. The minimum Gasteiger partial charge on any atom is -0.340 e. The highest BCUT2D eigenvalue weighted by Crippen LogP contribution is 2.32. The molecule has 1 saturated carbocycles. The topological polar surface area (TPSA) is 64.9 Å². The van der Waals surface area contributed by atoms with Crippen LogP contribution in [0.25, 0.3) is 0 Å². The van der Waals surface area contributed by atoms with Gasteiger partial charge in [-0.3, -0.25) is 0 Å². The third-order valence-corrected chi connectivity index (χ3v) is 2.72. The van der Waals surface area contributed by atoms with Crippen LogP contribution in [0.1, 0.15) is 43.8 Å². The Morgan fingerprint density at radius 3 is 2.43 bits per heavy atom. The summed E-state index contributed by atoms with van der Waals surface area (Å²) in [5.41, 5.74) is 5.89. The zero-order valence-electron chi connectivity index (χ0n) is 8.32. The maximum Gasteiger partial charge on any atom is 0.223 e. The number of nitrogens with two attached hydrogens (primary N) is 1. The molecule has 0 aromatic carbocycles. The third-order valence-electron chi connectivity index (χ3n) is 2.72. The Bertz CT molecular complexity index is 294. The van der Waals surface area contributed by atoms with Crippen LogP contribution in [-0.4, -0.2) is 10.1 Å². The van der Waals surface area contributed by atoms with Gasteiger partial charge in [0, 0.05) is 6.92 Å². The summed E-state index contributed by atoms with van der Waals surface area (Å²) >= 11 is 0. The summed E-state index contributed by atoms with van der Waals surface area (Å²) in [5, 5.41) is 3.90. The highest BCUT2D eigenvalue weighted by molar-refractivity contribution is 5.85. The first-order valence-electron chi connectivity index (χ1n) is 4.80. The molecular weight excluding hydrogens is 202 g/mol. The Morgan fingerprint density at radius 1 is 1.29 bits per heavy atom. The van der Waals surface area contributed by atoms with Gasteiger partial charge < -0.3 is 10.3 Å². The van der Waals surface area contributed by atoms with Crippen LogP contribution in [-0.2, 0) is 5.54 Å². The molecule has 1 heterocycles. The van der Waals surface area contributed by atoms with Crippen LogP contribution in [0.5, 0.6) is 0 Å². The van der Waals surface area contributed by atoms with Crippen molar-refractivity contribution in [3.8, 4) is 0 Å². The van der Waals surface area contributed by atoms with Crippen LogP contribution >= 0.6 is 12.4 Å². The van der Waals surface area contributed by atoms with E-state index in [1.165, 1.54) is 19.3 Å². The molecule has 14 heavy (non-hydrogen) atoms. The molecule has 80 valence electrons. The summed E-state index contributed by atoms with van der Waals surface area (Å²) in [5.74, 6) is 1.29. The molecular formula is C9H16ClN3O. The van der Waals surface area contributed by atoms with Crippen molar-refractivity contribution in [2.75, 3.05) is 0 Å². The van der Waals surface area contributed by atoms with Gasteiger partial charge in [0.15, 0.2) is 5.82 Å². The Hall–Kier alpha value is -0.610. The number of aromatic nitrogens is 2. The van der Waals surface area contributed by atoms with Crippen LogP contribution in [0.3, 0.4) is 0 Å². The molecule has 0 saturated heterocycles. The summed E-state index contributed by atoms with van der Waals surface area (Å²) < 4.78 is 4.94. The van der Waals surface area contributed by atoms with Crippen LogP contribution in [0.15, 0.2) is 4.52 Å². The molecule has 1 aromatic heterocycles. The average molecular weight is 218 g/mol. The molecule has 0 atom stereocenters. The first kappa shape index (κ1) is 11.5. The van der Waals surface area contributed by atoms with Crippen molar-refractivity contribution in [1.29, 1.82) is 0 Å². The van der Waals surface area contributed by atoms with E-state index < -0.39 is 0 Å². The summed E-state index contributed by atoms with van der Waals surface area (Å²) in [7, 11) is 0. The second-order valence-corrected chi connectivity index (χ2v) is 3.85. The molecule has 1 aromatic rings. The van der Waals surface area contributed by atoms with Crippen molar-refractivity contribution in [2.45, 2.75) is 44.6 Å². The van der Waals surface area contributed by atoms with E-state index in [1.54, 1.807) is 6.92 Å². The van der Waals surface area contributed by atoms with E-state index in [-0.39, 0.29) is 17.9 Å². The molecule has 5 heteroatoms. The molecule has 1 fully saturated rings. The summed E-state index contributed by atoms with van der Waals surface area (Å²) in [4.78, 5) is 4.20. The fourth-order valence-corrected chi connectivity index (χ4v) is 1.91. The Morgan fingerprint density at radius 2 is 1.93 bits per heavy atom. The van der Waals surface area contributed by atoms with Crippen molar-refractivity contribution in [2.24, 2.45) is 5.73 Å². The lowest BCUT2D eigenvalue weighted by molar-refractivity contribution is 0.274. The number of hydrogen-bond donors (Lipinski definition) is 1. The van der Waals surface area contributed by atoms with E-state index in [2.05, 4.69) is 10.1 Å². The number of nitrogens with zero attached hydrogens (tertiary/aromatic N) is 2. The lowest BCUT2D eigenvalue weighted by Crippen LogP contribution is -2.39. The molecule has 4 nitrogen and oxygen atoms in total. The zero-order chi connectivity index (χ0) is 9.31. The van der Waals surface area contributed by atoms with E-state index in [9.17, 15) is 0 Å². The highest BCUT2D eigenvalue weighted by atomic mass is 35.5. The van der Waals surface area contributed by atoms with Crippen LogP contribution in [0, 0.1) is 6.92 Å². The minimum atomic E-state index is -0.323. The van der Waals surface area contributed by atoms with Gasteiger partial charge >= 0.3 is 0 Å². The summed E-state index contributed by atoms with van der Waals surface area (Å²) in [6.45, 7) is 1.79. The average Bonchev–Trinajstić information content (AvgIpc) is 2.54. The van der Waals surface area contributed by atoms with E-state index in [0.717, 1.165) is 12.8 Å². The molecule has 0 amide bonds. The second-order valence-electron chi connectivity index (χ2n) is 3.85. The van der Waals surface area contributed by atoms with Crippen LogP contribution in [0.4, 0.5) is 0 Å². The maximum absolute atomic E-state index is 6.21. The number of halogens is 1. The van der Waals surface area contributed by atoms with Gasteiger partial charge in [0.25, 0.3) is 0 Å². The summed E-state index contributed by atoms with van der Waals surface area (Å²) in [6, 6.07) is 0. The lowest BCUT2D eigenvalue weighted by atomic mass is 9.82. The van der Waals surface area contributed by atoms with Crippen molar-refractivity contribution >= 4 is 12.4 Å². The van der Waals surface area contributed by atoms with Gasteiger partial charge in [0.05, 0.1) is 5.54 Å². The van der Waals surface area contributed by atoms with Gasteiger partial charge in [-0.15, -0.1) is 12.4 Å². The highest BCUT2D eigenvalue weighted by Gasteiger charge is 2.33. The number of rotatable bonds is 1. The smallest absolute Gasteiger partial charge is 0.223 e. The fourth-order valence-electron chi connectivity index (χ4n) is 1.91. The van der Waals surface area contributed by atoms with Gasteiger partial charge in [-0.25, -0.2) is 0 Å². The third kappa shape index (κ3) is 2.07. The molecule has 1 aliphatic rings. The molecule has 0 bridgehead atoms. The quantitative estimate of drug-likeness (QED) is 0.781. The van der Waals surface area contributed by atoms with E-state index in [1.807, 2.05) is 0 Å². The predicted molar refractivity (Wildman–Crippen MR) is 55.2 cm³/mol. The van der Waals surface area contributed by atoms with Gasteiger partial charge in [-0.1, -0.05) is 24.4 Å². The van der Waals surface area contributed by atoms with Crippen molar-refractivity contribution in [3.63, 3.8) is 0 Å². The van der Waals surface area contributed by atoms with Gasteiger partial charge in [0.1, 0.15) is 0 Å². The number of hydrogen-bond acceptors (Lipinski definition) is 4. The molecule has 0 spiro atoms. The lowest BCUT2D eigenvalue weighted by Gasteiger charge is -2.29. The largest absolute Gasteiger partial charge is 0.340 e. The Kier molecular flexibility index (Phi) is 3.50. The second kappa shape index (κ2) is 4.28. The first-order valence-corrected chi connectivity index (χ1v) is 4.80. The van der Waals surface area contributed by atoms with Gasteiger partial charge in [-0.2, -0.15) is 4.98 Å². The van der Waals surface area contributed by atoms with Crippen LogP contribution in [0.2, 0.25) is 0 Å². The molecule has 0 radical (unpaired) electrons. The first-order chi connectivity index (χ1) is 6.21. The predicted octanol–water partition coefficient (Wildman–Crippen LogP) is 1.92. The Labute approximate surface area is 89.7 Å². The van der Waals surface area contributed by atoms with E-state index in [0.29, 0.717) is 11.7 Å². The normalized spacial score (nSPS) is 20.1. The fraction of sp³-hybridized carbons (Fsp3) is 0.778. The number of aryl methyl sites for hydroxylation is 1. The Balaban J connectivity index is 0.000000980. The van der Waals surface area contributed by atoms with Crippen molar-refractivity contribution in [3.05, 3.63) is 11.7 Å². The molecule has 1 aliphatic carbocycles. The van der Waals surface area contributed by atoms with Crippen molar-refractivity contribution in [1.82, 2.24) is 10.1 Å². The van der Waals surface area contributed by atoms with Crippen molar-refractivity contribution < 1.29 is 4.52 Å². The van der Waals surface area contributed by atoms with Gasteiger partial charge in [-0.05, 0) is 12.8 Å². The molecule has 0 unspecified atom stereocenters. The van der Waals surface area contributed by atoms with E-state index >= 15 is 0 Å². The van der Waals surface area contributed by atoms with E-state index in [4.69, 9.17) is 10.3 Å². The maximum atomic E-state index is 6.21. The standard InChI is InChI=1S/C9H15N3O.ClH/c1-7-11-8(12-13-7)9(10)5-3-2-4-6-9;/h2-6,10H2,1H3;1H. The molecule has 0 aliphatic heterocycles.